The Morgan fingerprint density at radius 3 is 1.58 bits per heavy atom. The Morgan fingerprint density at radius 2 is 0.867 bits per heavy atom. The second-order valence-corrected chi connectivity index (χ2v) is 14.7. The van der Waals surface area contributed by atoms with Gasteiger partial charge in [0.2, 0.25) is 0 Å². The summed E-state index contributed by atoms with van der Waals surface area (Å²) in [4.78, 5) is 10.3. The van der Waals surface area contributed by atoms with Gasteiger partial charge in [-0.25, -0.2) is 9.97 Å². The van der Waals surface area contributed by atoms with Gasteiger partial charge >= 0.3 is 0 Å². The molecule has 11 aromatic rings. The second-order valence-electron chi connectivity index (χ2n) is 14.7. The van der Waals surface area contributed by atoms with Gasteiger partial charge in [-0.3, -0.25) is 0 Å². The van der Waals surface area contributed by atoms with Crippen molar-refractivity contribution < 1.29 is 0 Å². The van der Waals surface area contributed by atoms with Gasteiger partial charge in [0.15, 0.2) is 5.82 Å². The van der Waals surface area contributed by atoms with Crippen molar-refractivity contribution in [1.29, 1.82) is 0 Å². The monoisotopic (exact) mass is 768 g/mol. The summed E-state index contributed by atoms with van der Waals surface area (Å²) in [6.45, 7) is 6.72. The third kappa shape index (κ3) is 6.47. The van der Waals surface area contributed by atoms with Crippen LogP contribution in [0.5, 0.6) is 0 Å². The second kappa shape index (κ2) is 15.7. The number of aromatic nitrogens is 4. The molecule has 0 spiro atoms. The topological polar surface area (TPSA) is 35.6 Å². The summed E-state index contributed by atoms with van der Waals surface area (Å²) < 4.78 is 4.78. The number of allylic oxidation sites excluding steroid dienone is 2. The fraction of sp³-hybridized carbons (Fsp3) is 0. The van der Waals surface area contributed by atoms with Crippen molar-refractivity contribution in [2.75, 3.05) is 0 Å². The molecule has 60 heavy (non-hydrogen) atoms. The summed E-state index contributed by atoms with van der Waals surface area (Å²) in [5.41, 5.74) is 14.1. The van der Waals surface area contributed by atoms with Crippen LogP contribution in [-0.2, 0) is 0 Å². The van der Waals surface area contributed by atoms with Crippen LogP contribution >= 0.6 is 0 Å². The molecule has 284 valence electrons. The Hall–Kier alpha value is -8.08. The van der Waals surface area contributed by atoms with Crippen molar-refractivity contribution in [2.45, 2.75) is 0 Å². The molecule has 0 saturated carbocycles. The van der Waals surface area contributed by atoms with E-state index < -0.39 is 0 Å². The molecule has 0 N–H and O–H groups in total. The fourth-order valence-corrected chi connectivity index (χ4v) is 8.36. The maximum absolute atomic E-state index is 5.25. The van der Waals surface area contributed by atoms with E-state index in [4.69, 9.17) is 9.97 Å². The van der Waals surface area contributed by atoms with Crippen molar-refractivity contribution in [3.63, 3.8) is 0 Å². The van der Waals surface area contributed by atoms with E-state index in [1.807, 2.05) is 24.3 Å². The molecule has 0 saturated heterocycles. The number of rotatable bonds is 7. The minimum absolute atomic E-state index is 0.699. The predicted octanol–water partition coefficient (Wildman–Crippen LogP) is 14.7. The SMILES string of the molecule is C=CC=C.c1ccc(-c2cc(-c3ccccc3-n3c4ccccc4c4ccc(-c5ccc6c(c5)c5ccccc5n6-c5ccccc5)cc43)nc(-c3ccccc3)n2)cc1. The van der Waals surface area contributed by atoms with Crippen LogP contribution in [0, 0.1) is 0 Å². The molecular weight excluding hydrogens is 729 g/mol. The fourth-order valence-electron chi connectivity index (χ4n) is 8.36. The lowest BCUT2D eigenvalue weighted by Gasteiger charge is -2.15. The summed E-state index contributed by atoms with van der Waals surface area (Å²) in [5.74, 6) is 0.699. The molecular formula is C56H40N4. The zero-order chi connectivity index (χ0) is 40.4. The van der Waals surface area contributed by atoms with Crippen molar-refractivity contribution in [3.8, 4) is 56.4 Å². The normalized spacial score (nSPS) is 11.1. The third-order valence-corrected chi connectivity index (χ3v) is 11.1. The highest BCUT2D eigenvalue weighted by molar-refractivity contribution is 6.12. The third-order valence-electron chi connectivity index (χ3n) is 11.1. The van der Waals surface area contributed by atoms with Crippen LogP contribution in [0.3, 0.4) is 0 Å². The molecule has 4 nitrogen and oxygen atoms in total. The summed E-state index contributed by atoms with van der Waals surface area (Å²) >= 11 is 0. The Labute approximate surface area is 349 Å². The smallest absolute Gasteiger partial charge is 0.160 e. The number of fused-ring (bicyclic) bond motifs is 6. The van der Waals surface area contributed by atoms with Gasteiger partial charge in [-0.05, 0) is 65.7 Å². The van der Waals surface area contributed by atoms with Crippen LogP contribution in [0.15, 0.2) is 232 Å². The van der Waals surface area contributed by atoms with Crippen LogP contribution in [0.2, 0.25) is 0 Å². The molecule has 0 fully saturated rings. The van der Waals surface area contributed by atoms with E-state index in [0.717, 1.165) is 56.0 Å². The van der Waals surface area contributed by atoms with Crippen LogP contribution < -0.4 is 0 Å². The number of nitrogens with zero attached hydrogens (tertiary/aromatic N) is 4. The summed E-state index contributed by atoms with van der Waals surface area (Å²) in [7, 11) is 0. The number of hydrogen-bond donors (Lipinski definition) is 0. The molecule has 0 amide bonds. The zero-order valence-electron chi connectivity index (χ0n) is 33.0. The molecule has 3 aromatic heterocycles. The maximum atomic E-state index is 5.25. The van der Waals surface area contributed by atoms with E-state index >= 15 is 0 Å². The Balaban J connectivity index is 0.00000104. The van der Waals surface area contributed by atoms with Gasteiger partial charge in [0.1, 0.15) is 0 Å². The highest BCUT2D eigenvalue weighted by Crippen LogP contribution is 2.40. The van der Waals surface area contributed by atoms with Gasteiger partial charge in [-0.1, -0.05) is 177 Å². The first-order chi connectivity index (χ1) is 29.7. The quantitative estimate of drug-likeness (QED) is 0.151. The highest BCUT2D eigenvalue weighted by atomic mass is 15.0. The van der Waals surface area contributed by atoms with Gasteiger partial charge < -0.3 is 9.13 Å². The average Bonchev–Trinajstić information content (AvgIpc) is 3.84. The van der Waals surface area contributed by atoms with E-state index in [2.05, 4.69) is 204 Å². The lowest BCUT2D eigenvalue weighted by Crippen LogP contribution is -2.00. The molecule has 4 heteroatoms. The Bertz CT molecular complexity index is 3280. The Kier molecular flexibility index (Phi) is 9.49. The number of para-hydroxylation sites is 4. The molecule has 0 atom stereocenters. The van der Waals surface area contributed by atoms with Gasteiger partial charge in [-0.2, -0.15) is 0 Å². The molecule has 11 rings (SSSR count). The van der Waals surface area contributed by atoms with Crippen molar-refractivity contribution >= 4 is 43.6 Å². The Morgan fingerprint density at radius 1 is 0.350 bits per heavy atom. The maximum Gasteiger partial charge on any atom is 0.160 e. The van der Waals surface area contributed by atoms with Crippen molar-refractivity contribution in [1.82, 2.24) is 19.1 Å². The van der Waals surface area contributed by atoms with Crippen LogP contribution in [0.4, 0.5) is 0 Å². The van der Waals surface area contributed by atoms with E-state index in [1.165, 1.54) is 38.1 Å². The molecule has 0 aliphatic rings. The first-order valence-electron chi connectivity index (χ1n) is 20.2. The van der Waals surface area contributed by atoms with Crippen LogP contribution in [-0.4, -0.2) is 19.1 Å². The largest absolute Gasteiger partial charge is 0.309 e. The molecule has 0 aliphatic heterocycles. The summed E-state index contributed by atoms with van der Waals surface area (Å²) in [6.07, 6.45) is 3.28. The standard InChI is InChI=1S/C52H34N4.C4H6/c1-4-16-35(17-5-1)45-34-46(54-52(53-45)36-18-6-2-7-19-36)43-24-12-15-27-49(43)56-48-26-14-10-22-40(48)42-30-28-38(33-51(42)56)37-29-31-50-44(32-37)41-23-11-13-25-47(41)55(50)39-20-8-3-9-21-39;1-3-4-2/h1-34H;3-4H,1-2H2. The molecule has 0 bridgehead atoms. The van der Waals surface area contributed by atoms with Gasteiger partial charge in [-0.15, -0.1) is 0 Å². The number of benzene rings is 8. The van der Waals surface area contributed by atoms with E-state index in [0.29, 0.717) is 5.82 Å². The average molecular weight is 769 g/mol. The van der Waals surface area contributed by atoms with Gasteiger partial charge in [0.25, 0.3) is 0 Å². The first kappa shape index (κ1) is 36.3. The molecule has 8 aromatic carbocycles. The predicted molar refractivity (Wildman–Crippen MR) is 253 cm³/mol. The van der Waals surface area contributed by atoms with E-state index in [9.17, 15) is 0 Å². The van der Waals surface area contributed by atoms with E-state index in [1.54, 1.807) is 12.2 Å². The zero-order valence-corrected chi connectivity index (χ0v) is 33.0. The summed E-state index contributed by atoms with van der Waals surface area (Å²) in [5, 5.41) is 4.90. The molecule has 0 aliphatic carbocycles. The number of hydrogen-bond acceptors (Lipinski definition) is 2. The van der Waals surface area contributed by atoms with Crippen molar-refractivity contribution in [2.24, 2.45) is 0 Å². The van der Waals surface area contributed by atoms with Gasteiger partial charge in [0.05, 0.1) is 39.1 Å². The van der Waals surface area contributed by atoms with Crippen LogP contribution in [0.25, 0.3) is 100 Å². The van der Waals surface area contributed by atoms with Crippen molar-refractivity contribution in [3.05, 3.63) is 232 Å². The lowest BCUT2D eigenvalue weighted by atomic mass is 10.0. The first-order valence-corrected chi connectivity index (χ1v) is 20.2. The lowest BCUT2D eigenvalue weighted by molar-refractivity contribution is 1.15. The molecule has 3 heterocycles. The molecule has 0 radical (unpaired) electrons. The van der Waals surface area contributed by atoms with Gasteiger partial charge in [0, 0.05) is 43.9 Å². The molecule has 0 unspecified atom stereocenters. The minimum atomic E-state index is 0.699. The minimum Gasteiger partial charge on any atom is -0.309 e. The highest BCUT2D eigenvalue weighted by Gasteiger charge is 2.19. The summed E-state index contributed by atoms with van der Waals surface area (Å²) in [6, 6.07) is 73.2. The van der Waals surface area contributed by atoms with E-state index in [-0.39, 0.29) is 0 Å². The van der Waals surface area contributed by atoms with Crippen LogP contribution in [0.1, 0.15) is 0 Å².